The number of rotatable bonds is 9. The number of benzene rings is 2. The van der Waals surface area contributed by atoms with E-state index in [1.807, 2.05) is 0 Å². The lowest BCUT2D eigenvalue weighted by Gasteiger charge is -2.09. The van der Waals surface area contributed by atoms with Gasteiger partial charge in [0.15, 0.2) is 12.4 Å². The highest BCUT2D eigenvalue weighted by Gasteiger charge is 2.11. The summed E-state index contributed by atoms with van der Waals surface area (Å²) < 4.78 is 5.06. The van der Waals surface area contributed by atoms with E-state index < -0.39 is 12.6 Å². The van der Waals surface area contributed by atoms with Crippen molar-refractivity contribution in [2.75, 3.05) is 6.61 Å². The zero-order valence-corrected chi connectivity index (χ0v) is 15.3. The summed E-state index contributed by atoms with van der Waals surface area (Å²) in [6.45, 7) is -0.453. The van der Waals surface area contributed by atoms with Crippen LogP contribution in [0.1, 0.15) is 29.5 Å². The minimum absolute atomic E-state index is 0.0375. The van der Waals surface area contributed by atoms with Gasteiger partial charge in [-0.15, -0.1) is 0 Å². The highest BCUT2D eigenvalue weighted by molar-refractivity contribution is 6.06. The molecule has 2 aromatic carbocycles. The highest BCUT2D eigenvalue weighted by atomic mass is 16.5. The Balaban J connectivity index is 2.04. The molecule has 0 unspecified atom stereocenters. The third kappa shape index (κ3) is 5.96. The number of oxime groups is 3. The first kappa shape index (κ1) is 21.2. The van der Waals surface area contributed by atoms with Crippen molar-refractivity contribution in [1.29, 1.82) is 0 Å². The number of hydrogen-bond donors (Lipinski definition) is 5. The molecule has 6 N–H and O–H groups in total. The van der Waals surface area contributed by atoms with Crippen LogP contribution in [0.15, 0.2) is 64.0 Å². The Kier molecular flexibility index (Phi) is 7.54. The number of aliphatic carboxylic acids is 1. The van der Waals surface area contributed by atoms with E-state index in [1.165, 1.54) is 0 Å². The maximum Gasteiger partial charge on any atom is 0.341 e. The molecular formula is C19H20N4O6. The van der Waals surface area contributed by atoms with Crippen molar-refractivity contribution in [3.8, 4) is 5.75 Å². The van der Waals surface area contributed by atoms with Crippen LogP contribution in [-0.2, 0) is 4.79 Å². The zero-order chi connectivity index (χ0) is 21.2. The Morgan fingerprint density at radius 3 is 1.66 bits per heavy atom. The monoisotopic (exact) mass is 400 g/mol. The fraction of sp³-hybridized carbons (Fsp3) is 0.158. The van der Waals surface area contributed by atoms with Crippen molar-refractivity contribution in [3.05, 3.63) is 65.2 Å². The van der Waals surface area contributed by atoms with Gasteiger partial charge < -0.3 is 31.2 Å². The predicted octanol–water partition coefficient (Wildman–Crippen LogP) is 2.08. The van der Waals surface area contributed by atoms with Crippen molar-refractivity contribution in [1.82, 2.24) is 0 Å². The summed E-state index contributed by atoms with van der Waals surface area (Å²) in [7, 11) is 0. The molecule has 0 saturated heterocycles. The molecule has 2 aromatic rings. The number of carbonyl (C=O) groups is 1. The maximum absolute atomic E-state index is 10.5. The number of hydrogen-bond acceptors (Lipinski definition) is 8. The third-order valence-corrected chi connectivity index (χ3v) is 4.01. The van der Waals surface area contributed by atoms with Crippen LogP contribution in [0.4, 0.5) is 0 Å². The van der Waals surface area contributed by atoms with E-state index in [0.717, 1.165) is 0 Å². The molecule has 2 rings (SSSR count). The second-order valence-corrected chi connectivity index (χ2v) is 5.86. The topological polar surface area (TPSA) is 170 Å². The Morgan fingerprint density at radius 2 is 1.24 bits per heavy atom. The third-order valence-electron chi connectivity index (χ3n) is 4.01. The average Bonchev–Trinajstić information content (AvgIpc) is 2.75. The van der Waals surface area contributed by atoms with Crippen LogP contribution in [0.5, 0.6) is 5.75 Å². The SMILES string of the molecule is N/C(=N/O)c1ccc(/C(CC/C(=N/O)c2ccc(OCC(=O)O)cc2)=N\O)cc1. The molecule has 29 heavy (non-hydrogen) atoms. The van der Waals surface area contributed by atoms with Crippen LogP contribution < -0.4 is 10.5 Å². The lowest BCUT2D eigenvalue weighted by atomic mass is 9.99. The minimum atomic E-state index is -1.08. The molecule has 0 bridgehead atoms. The molecule has 0 atom stereocenters. The molecule has 0 aliphatic heterocycles. The van der Waals surface area contributed by atoms with Crippen LogP contribution in [0.2, 0.25) is 0 Å². The Labute approximate surface area is 165 Å². The van der Waals surface area contributed by atoms with E-state index in [9.17, 15) is 15.2 Å². The molecule has 0 radical (unpaired) electrons. The molecule has 0 spiro atoms. The normalized spacial score (nSPS) is 12.6. The standard InChI is InChI=1S/C19H20N4O6/c20-19(23-28)14-3-1-12(2-4-14)16(21-26)9-10-17(22-27)13-5-7-15(8-6-13)29-11-18(24)25/h1-8,26-28H,9-11H2,(H2,20,23)(H,24,25)/b21-16-,22-17-. The molecule has 0 aliphatic carbocycles. The number of nitrogens with two attached hydrogens (primary N) is 1. The molecule has 10 heteroatoms. The van der Waals surface area contributed by atoms with Gasteiger partial charge in [0.1, 0.15) is 5.75 Å². The summed E-state index contributed by atoms with van der Waals surface area (Å²) in [5.41, 5.74) is 7.97. The van der Waals surface area contributed by atoms with Gasteiger partial charge in [0, 0.05) is 5.56 Å². The molecule has 0 heterocycles. The first-order chi connectivity index (χ1) is 14.0. The zero-order valence-electron chi connectivity index (χ0n) is 15.3. The molecule has 0 fully saturated rings. The van der Waals surface area contributed by atoms with Crippen molar-refractivity contribution in [3.63, 3.8) is 0 Å². The van der Waals surface area contributed by atoms with Crippen LogP contribution in [0.3, 0.4) is 0 Å². The number of amidine groups is 1. The predicted molar refractivity (Wildman–Crippen MR) is 104 cm³/mol. The average molecular weight is 400 g/mol. The van der Waals surface area contributed by atoms with Crippen molar-refractivity contribution < 1.29 is 30.3 Å². The quantitative estimate of drug-likeness (QED) is 0.186. The first-order valence-corrected chi connectivity index (χ1v) is 8.43. The van der Waals surface area contributed by atoms with Gasteiger partial charge in [0.05, 0.1) is 11.4 Å². The van der Waals surface area contributed by atoms with Crippen LogP contribution in [0, 0.1) is 0 Å². The molecule has 152 valence electrons. The Morgan fingerprint density at radius 1 is 0.793 bits per heavy atom. The molecule has 0 amide bonds. The second-order valence-electron chi connectivity index (χ2n) is 5.86. The molecular weight excluding hydrogens is 380 g/mol. The minimum Gasteiger partial charge on any atom is -0.482 e. The van der Waals surface area contributed by atoms with Crippen LogP contribution >= 0.6 is 0 Å². The summed E-state index contributed by atoms with van der Waals surface area (Å²) >= 11 is 0. The van der Waals surface area contributed by atoms with Gasteiger partial charge in [-0.3, -0.25) is 0 Å². The van der Waals surface area contributed by atoms with Gasteiger partial charge in [0.25, 0.3) is 0 Å². The highest BCUT2D eigenvalue weighted by Crippen LogP contribution is 2.16. The fourth-order valence-electron chi connectivity index (χ4n) is 2.52. The van der Waals surface area contributed by atoms with E-state index in [-0.39, 0.29) is 18.7 Å². The van der Waals surface area contributed by atoms with Crippen LogP contribution in [-0.4, -0.2) is 50.6 Å². The van der Waals surface area contributed by atoms with Gasteiger partial charge in [0.2, 0.25) is 0 Å². The molecule has 0 aromatic heterocycles. The summed E-state index contributed by atoms with van der Waals surface area (Å²) in [6.07, 6.45) is 0.545. The van der Waals surface area contributed by atoms with E-state index in [2.05, 4.69) is 15.5 Å². The van der Waals surface area contributed by atoms with E-state index in [0.29, 0.717) is 33.9 Å². The van der Waals surface area contributed by atoms with Crippen LogP contribution in [0.25, 0.3) is 0 Å². The van der Waals surface area contributed by atoms with Gasteiger partial charge >= 0.3 is 5.97 Å². The number of carboxylic acid groups (broad SMARTS) is 1. The van der Waals surface area contributed by atoms with E-state index >= 15 is 0 Å². The number of nitrogens with zero attached hydrogens (tertiary/aromatic N) is 3. The maximum atomic E-state index is 10.5. The largest absolute Gasteiger partial charge is 0.482 e. The fourth-order valence-corrected chi connectivity index (χ4v) is 2.52. The Hall–Kier alpha value is -4.08. The summed E-state index contributed by atoms with van der Waals surface area (Å²) in [5, 5.41) is 45.5. The summed E-state index contributed by atoms with van der Waals surface area (Å²) in [6, 6.07) is 13.0. The molecule has 0 saturated carbocycles. The summed E-state index contributed by atoms with van der Waals surface area (Å²) in [5.74, 6) is -0.747. The van der Waals surface area contributed by atoms with E-state index in [4.69, 9.17) is 20.8 Å². The summed E-state index contributed by atoms with van der Waals surface area (Å²) in [4.78, 5) is 10.5. The lowest BCUT2D eigenvalue weighted by molar-refractivity contribution is -0.139. The Bertz CT molecular complexity index is 921. The van der Waals surface area contributed by atoms with Gasteiger partial charge in [-0.25, -0.2) is 4.79 Å². The number of carboxylic acids is 1. The smallest absolute Gasteiger partial charge is 0.341 e. The van der Waals surface area contributed by atoms with Gasteiger partial charge in [-0.05, 0) is 48.2 Å². The van der Waals surface area contributed by atoms with Crippen molar-refractivity contribution in [2.45, 2.75) is 12.8 Å². The van der Waals surface area contributed by atoms with Crippen molar-refractivity contribution in [2.24, 2.45) is 21.2 Å². The number of ether oxygens (including phenoxy) is 1. The first-order valence-electron chi connectivity index (χ1n) is 8.43. The lowest BCUT2D eigenvalue weighted by Crippen LogP contribution is -2.13. The van der Waals surface area contributed by atoms with E-state index in [1.54, 1.807) is 48.5 Å². The van der Waals surface area contributed by atoms with Gasteiger partial charge in [-0.2, -0.15) is 0 Å². The van der Waals surface area contributed by atoms with Gasteiger partial charge in [-0.1, -0.05) is 39.7 Å². The second kappa shape index (κ2) is 10.3. The van der Waals surface area contributed by atoms with Crippen molar-refractivity contribution >= 4 is 23.2 Å². The molecule has 0 aliphatic rings. The molecule has 10 nitrogen and oxygen atoms in total.